The first-order valence-corrected chi connectivity index (χ1v) is 6.32. The topological polar surface area (TPSA) is 54.5 Å². The molecule has 2 aromatic rings. The number of ketones is 1. The number of amides is 2. The molecule has 0 fully saturated rings. The molecule has 21 heavy (non-hydrogen) atoms. The monoisotopic (exact) mass is 283 g/mol. The molecular formula is C16H10FNO3. The summed E-state index contributed by atoms with van der Waals surface area (Å²) in [6.07, 6.45) is 0. The van der Waals surface area contributed by atoms with Crippen molar-refractivity contribution in [3.63, 3.8) is 0 Å². The third-order valence-electron chi connectivity index (χ3n) is 3.37. The minimum absolute atomic E-state index is 0.0947. The summed E-state index contributed by atoms with van der Waals surface area (Å²) in [5, 5.41) is 0. The second kappa shape index (κ2) is 4.94. The normalized spacial score (nSPS) is 14.3. The van der Waals surface area contributed by atoms with E-state index in [1.54, 1.807) is 18.2 Å². The Kier molecular flexibility index (Phi) is 3.10. The van der Waals surface area contributed by atoms with Gasteiger partial charge in [0, 0.05) is 11.1 Å². The number of imide groups is 1. The number of hydrogen-bond acceptors (Lipinski definition) is 3. The number of Topliss-reactive ketones (excluding diaryl/α,β-unsaturated/α-hetero) is 1. The van der Waals surface area contributed by atoms with Gasteiger partial charge in [0.1, 0.15) is 5.82 Å². The molecule has 0 bridgehead atoms. The maximum absolute atomic E-state index is 13.7. The molecule has 0 saturated carbocycles. The number of rotatable bonds is 2. The molecule has 1 aliphatic heterocycles. The van der Waals surface area contributed by atoms with Gasteiger partial charge in [0.2, 0.25) is 0 Å². The van der Waals surface area contributed by atoms with Gasteiger partial charge in [0.05, 0.1) is 12.1 Å². The smallest absolute Gasteiger partial charge is 0.283 e. The fourth-order valence-corrected chi connectivity index (χ4v) is 2.28. The van der Waals surface area contributed by atoms with Crippen molar-refractivity contribution in [2.75, 3.05) is 0 Å². The fraction of sp³-hybridized carbons (Fsp3) is 0.0625. The van der Waals surface area contributed by atoms with Crippen molar-refractivity contribution in [2.45, 2.75) is 6.54 Å². The van der Waals surface area contributed by atoms with E-state index in [2.05, 4.69) is 0 Å². The summed E-state index contributed by atoms with van der Waals surface area (Å²) in [5.41, 5.74) is 0.446. The lowest BCUT2D eigenvalue weighted by Gasteiger charge is -2.25. The van der Waals surface area contributed by atoms with Crippen LogP contribution in [0, 0.1) is 5.82 Å². The molecule has 4 nitrogen and oxygen atoms in total. The Balaban J connectivity index is 2.01. The molecule has 0 aliphatic carbocycles. The van der Waals surface area contributed by atoms with E-state index in [1.807, 2.05) is 0 Å². The van der Waals surface area contributed by atoms with Gasteiger partial charge in [-0.15, -0.1) is 0 Å². The number of halogens is 1. The van der Waals surface area contributed by atoms with Crippen molar-refractivity contribution in [1.29, 1.82) is 0 Å². The van der Waals surface area contributed by atoms with Crippen LogP contribution in [-0.4, -0.2) is 22.5 Å². The lowest BCUT2D eigenvalue weighted by atomic mass is 9.97. The van der Waals surface area contributed by atoms with E-state index in [4.69, 9.17) is 0 Å². The van der Waals surface area contributed by atoms with Crippen molar-refractivity contribution in [3.05, 3.63) is 71.0 Å². The average molecular weight is 283 g/mol. The Hall–Kier alpha value is -2.82. The average Bonchev–Trinajstić information content (AvgIpc) is 2.51. The molecule has 1 heterocycles. The number of fused-ring (bicyclic) bond motifs is 1. The van der Waals surface area contributed by atoms with Gasteiger partial charge >= 0.3 is 5.91 Å². The molecule has 0 N–H and O–H groups in total. The van der Waals surface area contributed by atoms with Crippen LogP contribution in [0.4, 0.5) is 4.39 Å². The third kappa shape index (κ3) is 2.12. The van der Waals surface area contributed by atoms with Crippen molar-refractivity contribution < 1.29 is 18.8 Å². The van der Waals surface area contributed by atoms with Gasteiger partial charge in [-0.05, 0) is 12.1 Å². The zero-order chi connectivity index (χ0) is 15.0. The third-order valence-corrected chi connectivity index (χ3v) is 3.37. The second-order valence-corrected chi connectivity index (χ2v) is 4.66. The van der Waals surface area contributed by atoms with E-state index in [9.17, 15) is 18.8 Å². The molecule has 0 saturated heterocycles. The van der Waals surface area contributed by atoms with Gasteiger partial charge in [-0.1, -0.05) is 36.4 Å². The highest BCUT2D eigenvalue weighted by atomic mass is 19.1. The van der Waals surface area contributed by atoms with E-state index in [0.717, 1.165) is 4.90 Å². The zero-order valence-corrected chi connectivity index (χ0v) is 10.9. The maximum atomic E-state index is 13.7. The first-order chi connectivity index (χ1) is 10.1. The van der Waals surface area contributed by atoms with Crippen LogP contribution in [0.15, 0.2) is 48.5 Å². The van der Waals surface area contributed by atoms with Gasteiger partial charge < -0.3 is 0 Å². The first-order valence-electron chi connectivity index (χ1n) is 6.32. The number of carbonyl (C=O) groups is 3. The Morgan fingerprint density at radius 2 is 1.43 bits per heavy atom. The van der Waals surface area contributed by atoms with E-state index in [0.29, 0.717) is 0 Å². The van der Waals surface area contributed by atoms with Crippen molar-refractivity contribution in [1.82, 2.24) is 4.90 Å². The van der Waals surface area contributed by atoms with Crippen LogP contribution in [-0.2, 0) is 11.3 Å². The molecule has 0 unspecified atom stereocenters. The minimum atomic E-state index is -0.929. The van der Waals surface area contributed by atoms with E-state index >= 15 is 0 Å². The summed E-state index contributed by atoms with van der Waals surface area (Å²) >= 11 is 0. The molecule has 1 aliphatic rings. The molecule has 2 aromatic carbocycles. The maximum Gasteiger partial charge on any atom is 0.302 e. The molecular weight excluding hydrogens is 273 g/mol. The summed E-state index contributed by atoms with van der Waals surface area (Å²) in [5.74, 6) is -2.79. The SMILES string of the molecule is O=C1C(=O)N(Cc2ccccc2F)C(=O)c2ccccc21. The lowest BCUT2D eigenvalue weighted by Crippen LogP contribution is -2.45. The minimum Gasteiger partial charge on any atom is -0.283 e. The number of nitrogens with zero attached hydrogens (tertiary/aromatic N) is 1. The van der Waals surface area contributed by atoms with Gasteiger partial charge in [-0.2, -0.15) is 0 Å². The van der Waals surface area contributed by atoms with Crippen LogP contribution in [0.3, 0.4) is 0 Å². The summed E-state index contributed by atoms with van der Waals surface area (Å²) in [4.78, 5) is 37.2. The molecule has 5 heteroatoms. The Bertz CT molecular complexity index is 770. The predicted octanol–water partition coefficient (Wildman–Crippen LogP) is 2.19. The Morgan fingerprint density at radius 3 is 2.14 bits per heavy atom. The molecule has 0 spiro atoms. The van der Waals surface area contributed by atoms with Crippen molar-refractivity contribution in [2.24, 2.45) is 0 Å². The highest BCUT2D eigenvalue weighted by Crippen LogP contribution is 2.22. The first kappa shape index (κ1) is 13.2. The van der Waals surface area contributed by atoms with Crippen LogP contribution in [0.2, 0.25) is 0 Å². The Morgan fingerprint density at radius 1 is 0.810 bits per heavy atom. The quantitative estimate of drug-likeness (QED) is 0.627. The zero-order valence-electron chi connectivity index (χ0n) is 10.9. The molecule has 0 radical (unpaired) electrons. The molecule has 2 amide bonds. The van der Waals surface area contributed by atoms with E-state index in [-0.39, 0.29) is 23.2 Å². The molecule has 3 rings (SSSR count). The molecule has 0 aromatic heterocycles. The summed E-state index contributed by atoms with van der Waals surface area (Å²) in [6.45, 7) is -0.260. The molecule has 104 valence electrons. The summed E-state index contributed by atoms with van der Waals surface area (Å²) in [6, 6.07) is 12.0. The van der Waals surface area contributed by atoms with Crippen LogP contribution in [0.1, 0.15) is 26.3 Å². The molecule has 0 atom stereocenters. The van der Waals surface area contributed by atoms with Gasteiger partial charge in [-0.3, -0.25) is 19.3 Å². The van der Waals surface area contributed by atoms with Gasteiger partial charge in [-0.25, -0.2) is 4.39 Å². The number of hydrogen-bond donors (Lipinski definition) is 0. The largest absolute Gasteiger partial charge is 0.302 e. The lowest BCUT2D eigenvalue weighted by molar-refractivity contribution is -0.124. The second-order valence-electron chi connectivity index (χ2n) is 4.66. The van der Waals surface area contributed by atoms with Crippen LogP contribution in [0.25, 0.3) is 0 Å². The van der Waals surface area contributed by atoms with Crippen molar-refractivity contribution >= 4 is 17.6 Å². The van der Waals surface area contributed by atoms with E-state index in [1.165, 1.54) is 30.3 Å². The standard InChI is InChI=1S/C16H10FNO3/c17-13-8-4-1-5-10(13)9-18-15(20)12-7-3-2-6-11(12)14(19)16(18)21/h1-8H,9H2. The van der Waals surface area contributed by atoms with Crippen LogP contribution < -0.4 is 0 Å². The van der Waals surface area contributed by atoms with Crippen LogP contribution >= 0.6 is 0 Å². The van der Waals surface area contributed by atoms with Crippen molar-refractivity contribution in [3.8, 4) is 0 Å². The Labute approximate surface area is 119 Å². The highest BCUT2D eigenvalue weighted by molar-refractivity contribution is 6.49. The van der Waals surface area contributed by atoms with E-state index < -0.39 is 23.4 Å². The number of benzene rings is 2. The summed E-state index contributed by atoms with van der Waals surface area (Å²) in [7, 11) is 0. The summed E-state index contributed by atoms with van der Waals surface area (Å²) < 4.78 is 13.7. The number of carbonyl (C=O) groups excluding carboxylic acids is 3. The predicted molar refractivity (Wildman–Crippen MR) is 72.1 cm³/mol. The fourth-order valence-electron chi connectivity index (χ4n) is 2.28. The van der Waals surface area contributed by atoms with Gasteiger partial charge in [0.15, 0.2) is 0 Å². The highest BCUT2D eigenvalue weighted by Gasteiger charge is 2.37. The van der Waals surface area contributed by atoms with Crippen LogP contribution in [0.5, 0.6) is 0 Å². The van der Waals surface area contributed by atoms with Gasteiger partial charge in [0.25, 0.3) is 11.7 Å².